The number of nitrogens with one attached hydrogen (secondary N) is 18. The Morgan fingerprint density at radius 3 is 1.57 bits per heavy atom. The third-order valence-corrected chi connectivity index (χ3v) is 25.6. The summed E-state index contributed by atoms with van der Waals surface area (Å²) in [6, 6.07) is 11.2. The van der Waals surface area contributed by atoms with Crippen LogP contribution in [0.3, 0.4) is 0 Å². The van der Waals surface area contributed by atoms with Crippen molar-refractivity contribution in [3.05, 3.63) is 137 Å². The Bertz CT molecular complexity index is 5250. The first-order chi connectivity index (χ1) is 66.3. The Balaban J connectivity index is 1.10. The summed E-state index contributed by atoms with van der Waals surface area (Å²) < 4.78 is 0. The van der Waals surface area contributed by atoms with E-state index in [-0.39, 0.29) is 171 Å². The molecule has 0 spiro atoms. The van der Waals surface area contributed by atoms with E-state index in [1.807, 2.05) is 0 Å². The van der Waals surface area contributed by atoms with E-state index >= 15 is 28.8 Å². The van der Waals surface area contributed by atoms with Gasteiger partial charge in [0.25, 0.3) is 0 Å². The minimum atomic E-state index is -1.79. The van der Waals surface area contributed by atoms with Crippen LogP contribution in [0.2, 0.25) is 0 Å². The number of aromatic amines is 2. The van der Waals surface area contributed by atoms with E-state index in [0.717, 1.165) is 21.6 Å². The molecule has 0 radical (unpaired) electrons. The van der Waals surface area contributed by atoms with Gasteiger partial charge in [0, 0.05) is 177 Å². The van der Waals surface area contributed by atoms with Gasteiger partial charge in [-0.05, 0) is 96.0 Å². The van der Waals surface area contributed by atoms with Gasteiger partial charge in [-0.25, -0.2) is 0 Å². The van der Waals surface area contributed by atoms with Crippen LogP contribution in [0, 0.1) is 11.8 Å². The van der Waals surface area contributed by atoms with Crippen LogP contribution >= 0.6 is 21.6 Å². The van der Waals surface area contributed by atoms with Gasteiger partial charge in [0.15, 0.2) is 0 Å². The Labute approximate surface area is 812 Å². The maximum Gasteiger partial charge on any atom is 0.303 e. The lowest BCUT2D eigenvalue weighted by Crippen LogP contribution is -2.61. The summed E-state index contributed by atoms with van der Waals surface area (Å²) in [5.74, 6) is -16.6. The molecule has 6 aromatic rings. The normalized spacial score (nSPS) is 17.4. The molecule has 2 aliphatic heterocycles. The van der Waals surface area contributed by atoms with Crippen LogP contribution in [0.15, 0.2) is 109 Å². The van der Waals surface area contributed by atoms with Crippen LogP contribution in [0.1, 0.15) is 135 Å². The Hall–Kier alpha value is -13.7. The summed E-state index contributed by atoms with van der Waals surface area (Å²) in [4.78, 5) is 276. The number of fused-ring (bicyclic) bond motifs is 3. The van der Waals surface area contributed by atoms with Gasteiger partial charge in [-0.1, -0.05) is 128 Å². The van der Waals surface area contributed by atoms with E-state index in [4.69, 9.17) is 5.73 Å². The number of H-pyrrole nitrogens is 2. The molecule has 2 unspecified atom stereocenters. The average Bonchev–Trinajstić information content (AvgIpc) is 1.77. The number of aliphatic carboxylic acids is 1. The van der Waals surface area contributed by atoms with E-state index in [1.165, 1.54) is 56.9 Å². The van der Waals surface area contributed by atoms with Crippen molar-refractivity contribution in [3.63, 3.8) is 0 Å². The first kappa shape index (κ1) is 111. The molecule has 0 aliphatic carbocycles. The van der Waals surface area contributed by atoms with Crippen molar-refractivity contribution in [3.8, 4) is 5.75 Å². The molecule has 2 aliphatic rings. The number of aromatic hydroxyl groups is 1. The summed E-state index contributed by atoms with van der Waals surface area (Å²) in [7, 11) is 1.74. The zero-order valence-corrected chi connectivity index (χ0v) is 80.9. The van der Waals surface area contributed by atoms with Crippen molar-refractivity contribution in [2.45, 2.75) is 200 Å². The standard InChI is InChI=1S/C94H130N22O21S2/c1-9-55(4)84(93(136)108-70(28-30-79(95)122)85(128)103-46-62-22-20-61(21-23-62)45-102-81(124)50-114(37-32-96-56(5)117)38-33-97-57(6)118)113-90(133)75(44-64-48-101-69-18-13-11-16-67(64)69)109-91(134)76-52-138-139-53-77(94(137)116-36-14-19-78(116)92(135)110-73(42-60-24-26-65(121)27-25-60)86(129)104-49-80(123)105-72(41-54(2)3)88(131)111-76)112-87(130)71(29-31-83(126)127)107-89(132)74(43-63-47-100-68-17-12-10-15-66(63)68)106-82(125)51-115(39-34-98-58(7)119)40-35-99-59(8)120/h10-13,15-18,20-27,47-48,54-55,70-78,84,100-101,121H,9,14,19,28-46,49-53H2,1-8H3,(H2,95,122)(H,96,117)(H,97,118)(H,98,119)(H,99,120)(H,102,124)(H,103,128)(H,104,129)(H,105,123)(H,106,125)(H,107,132)(H,108,136)(H,109,134)(H,110,135)(H,111,131)(H,112,130)(H,113,133)(H,126,127)/t55?,70-,71-,72-,73-,74-,75-,76-,77-,78?,84-/m0/s1. The largest absolute Gasteiger partial charge is 0.508 e. The molecule has 139 heavy (non-hydrogen) atoms. The van der Waals surface area contributed by atoms with Crippen LogP contribution in [-0.4, -0.2) is 298 Å². The number of primary amides is 1. The van der Waals surface area contributed by atoms with Crippen LogP contribution in [0.5, 0.6) is 5.75 Å². The smallest absolute Gasteiger partial charge is 0.303 e. The first-order valence-electron chi connectivity index (χ1n) is 46.3. The monoisotopic (exact) mass is 1970 g/mol. The SMILES string of the molecule is CCC(C)[C@H](NC(=O)[C@H](Cc1c[nH]c2ccccc12)NC(=O)[C@@H]1CSSC[C@H](NC(=O)[C@H](CCC(=O)O)NC(=O)[C@H](Cc2c[nH]c3ccccc23)NC(=O)CN(CCNC(C)=O)CCNC(C)=O)C(=O)N2CCCC2C(=O)N[C@@H](Cc2ccc(O)cc2)C(=O)NCC(=O)N[C@@H](CC(C)C)C(=O)N1)C(=O)N[C@@H](CCC(N)=O)C(=O)NCc1ccc(CNC(=O)CN(CCNC(C)=O)CCNC(C)=O)cc1. The number of amides is 18. The van der Waals surface area contributed by atoms with E-state index in [9.17, 15) is 72.5 Å². The molecule has 18 amide bonds. The zero-order chi connectivity index (χ0) is 101. The second-order valence-corrected chi connectivity index (χ2v) is 37.4. The molecule has 8 rings (SSSR count). The lowest BCUT2D eigenvalue weighted by molar-refractivity contribution is -0.142. The van der Waals surface area contributed by atoms with E-state index in [2.05, 4.69) is 95.0 Å². The van der Waals surface area contributed by atoms with Gasteiger partial charge in [-0.2, -0.15) is 0 Å². The molecule has 2 saturated heterocycles. The molecule has 2 fully saturated rings. The number of rotatable bonds is 48. The van der Waals surface area contributed by atoms with Gasteiger partial charge < -0.3 is 116 Å². The number of hydrogen-bond donors (Lipinski definition) is 21. The second kappa shape index (κ2) is 56.3. The van der Waals surface area contributed by atoms with Gasteiger partial charge in [0.1, 0.15) is 66.2 Å². The molecule has 0 saturated carbocycles. The number of para-hydroxylation sites is 2. The summed E-state index contributed by atoms with van der Waals surface area (Å²) in [6.45, 7) is 12.7. The van der Waals surface area contributed by atoms with Gasteiger partial charge in [-0.15, -0.1) is 0 Å². The number of carbonyl (C=O) groups is 19. The average molecular weight is 1970 g/mol. The van der Waals surface area contributed by atoms with Crippen molar-refractivity contribution in [2.75, 3.05) is 90.0 Å². The van der Waals surface area contributed by atoms with E-state index in [1.54, 1.807) is 123 Å². The van der Waals surface area contributed by atoms with E-state index < -0.39 is 180 Å². The number of phenols is 1. The number of carboxylic acid groups (broad SMARTS) is 1. The molecule has 2 aromatic heterocycles. The highest BCUT2D eigenvalue weighted by Crippen LogP contribution is 2.29. The fraction of sp³-hybridized carbons (Fsp3) is 0.500. The molecule has 754 valence electrons. The number of nitrogens with two attached hydrogens (primary N) is 1. The molecule has 4 aromatic carbocycles. The molecule has 0 bridgehead atoms. The molecule has 4 heterocycles. The minimum Gasteiger partial charge on any atom is -0.508 e. The van der Waals surface area contributed by atoms with Crippen molar-refractivity contribution in [1.82, 2.24) is 110 Å². The van der Waals surface area contributed by atoms with Gasteiger partial charge in [-0.3, -0.25) is 101 Å². The second-order valence-electron chi connectivity index (χ2n) is 34.8. The Morgan fingerprint density at radius 1 is 0.525 bits per heavy atom. The predicted molar refractivity (Wildman–Crippen MR) is 518 cm³/mol. The zero-order valence-electron chi connectivity index (χ0n) is 79.3. The number of phenolic OH excluding ortho intramolecular Hbond substituents is 1. The minimum absolute atomic E-state index is 0.0139. The predicted octanol–water partition coefficient (Wildman–Crippen LogP) is -1.45. The number of hydrogen-bond acceptors (Lipinski definition) is 24. The van der Waals surface area contributed by atoms with Gasteiger partial charge in [0.05, 0.1) is 19.6 Å². The highest BCUT2D eigenvalue weighted by molar-refractivity contribution is 8.76. The quantitative estimate of drug-likeness (QED) is 0.0194. The highest BCUT2D eigenvalue weighted by Gasteiger charge is 2.42. The Morgan fingerprint density at radius 2 is 1.03 bits per heavy atom. The molecule has 22 N–H and O–H groups in total. The van der Waals surface area contributed by atoms with E-state index in [0.29, 0.717) is 62.7 Å². The fourth-order valence-electron chi connectivity index (χ4n) is 15.6. The summed E-state index contributed by atoms with van der Waals surface area (Å²) in [6.07, 6.45) is 0.896. The van der Waals surface area contributed by atoms with Crippen LogP contribution in [-0.2, 0) is 123 Å². The number of carbonyl (C=O) groups excluding carboxylic acids is 18. The van der Waals surface area contributed by atoms with Crippen molar-refractivity contribution >= 4 is 156 Å². The van der Waals surface area contributed by atoms with Crippen molar-refractivity contribution in [1.29, 1.82) is 0 Å². The fourth-order valence-corrected chi connectivity index (χ4v) is 17.9. The maximum absolute atomic E-state index is 15.7. The third kappa shape index (κ3) is 37.6. The number of nitrogens with zero attached hydrogens (tertiary/aromatic N) is 3. The first-order valence-corrected chi connectivity index (χ1v) is 48.8. The molecule has 45 heteroatoms. The molecule has 43 nitrogen and oxygen atoms in total. The van der Waals surface area contributed by atoms with Gasteiger partial charge in [0.2, 0.25) is 106 Å². The van der Waals surface area contributed by atoms with Gasteiger partial charge >= 0.3 is 5.97 Å². The molecular formula is C94H130N22O21S2. The summed E-state index contributed by atoms with van der Waals surface area (Å²) >= 11 is 0. The van der Waals surface area contributed by atoms with Crippen molar-refractivity contribution in [2.24, 2.45) is 17.6 Å². The highest BCUT2D eigenvalue weighted by atomic mass is 33.1. The summed E-state index contributed by atoms with van der Waals surface area (Å²) in [5.41, 5.74) is 9.67. The number of aromatic nitrogens is 2. The third-order valence-electron chi connectivity index (χ3n) is 23.2. The van der Waals surface area contributed by atoms with Crippen LogP contribution in [0.4, 0.5) is 0 Å². The number of carboxylic acids is 1. The van der Waals surface area contributed by atoms with Crippen LogP contribution < -0.4 is 90.8 Å². The van der Waals surface area contributed by atoms with Crippen LogP contribution in [0.25, 0.3) is 21.8 Å². The number of benzene rings is 4. The lowest BCUT2D eigenvalue weighted by Gasteiger charge is -2.31. The Kier molecular flexibility index (Phi) is 44.8. The topological polar surface area (TPSA) is 625 Å². The lowest BCUT2D eigenvalue weighted by atomic mass is 9.96. The maximum atomic E-state index is 15.7. The molecular weight excluding hydrogens is 1840 g/mol. The molecule has 11 atom stereocenters. The summed E-state index contributed by atoms with van der Waals surface area (Å²) in [5, 5.41) is 65.2. The van der Waals surface area contributed by atoms with Crippen molar-refractivity contribution < 1.29 is 101 Å².